The van der Waals surface area contributed by atoms with E-state index in [2.05, 4.69) is 31.0 Å². The van der Waals surface area contributed by atoms with Crippen LogP contribution in [0.3, 0.4) is 0 Å². The van der Waals surface area contributed by atoms with Gasteiger partial charge in [-0.15, -0.1) is 5.10 Å². The van der Waals surface area contributed by atoms with Gasteiger partial charge in [-0.25, -0.2) is 5.84 Å². The van der Waals surface area contributed by atoms with Crippen LogP contribution in [0, 0.1) is 5.41 Å². The third-order valence-electron chi connectivity index (χ3n) is 1.87. The first-order chi connectivity index (χ1) is 5.95. The number of hydrazine groups is 1. The molecule has 0 saturated heterocycles. The van der Waals surface area contributed by atoms with Crippen LogP contribution in [-0.2, 0) is 0 Å². The molecule has 0 aromatic heterocycles. The van der Waals surface area contributed by atoms with E-state index < -0.39 is 0 Å². The highest BCUT2D eigenvalue weighted by Crippen LogP contribution is 2.20. The van der Waals surface area contributed by atoms with Gasteiger partial charge >= 0.3 is 0 Å². The molecule has 4 nitrogen and oxygen atoms in total. The largest absolute Gasteiger partial charge is 0.282 e. The van der Waals surface area contributed by atoms with Crippen LogP contribution < -0.4 is 5.84 Å². The zero-order valence-corrected chi connectivity index (χ0v) is 9.35. The minimum atomic E-state index is 0.0467. The highest BCUT2D eigenvalue weighted by molar-refractivity contribution is 8.13. The first kappa shape index (κ1) is 10.5. The third-order valence-corrected chi connectivity index (χ3v) is 2.55. The van der Waals surface area contributed by atoms with Crippen molar-refractivity contribution in [3.63, 3.8) is 0 Å². The second-order valence-electron chi connectivity index (χ2n) is 4.01. The van der Waals surface area contributed by atoms with Gasteiger partial charge in [-0.1, -0.05) is 32.5 Å². The third kappa shape index (κ3) is 2.45. The Balaban J connectivity index is 2.84. The molecule has 0 aromatic rings. The van der Waals surface area contributed by atoms with Gasteiger partial charge in [0, 0.05) is 5.41 Å². The molecule has 1 aliphatic heterocycles. The molecule has 0 fully saturated rings. The highest BCUT2D eigenvalue weighted by atomic mass is 32.2. The summed E-state index contributed by atoms with van der Waals surface area (Å²) < 4.78 is 0. The van der Waals surface area contributed by atoms with Crippen molar-refractivity contribution in [1.82, 2.24) is 5.01 Å². The van der Waals surface area contributed by atoms with E-state index in [0.717, 1.165) is 10.9 Å². The highest BCUT2D eigenvalue weighted by Gasteiger charge is 2.24. The average Bonchev–Trinajstić information content (AvgIpc) is 2.02. The van der Waals surface area contributed by atoms with E-state index in [1.807, 2.05) is 6.26 Å². The van der Waals surface area contributed by atoms with Crippen molar-refractivity contribution >= 4 is 22.6 Å². The van der Waals surface area contributed by atoms with E-state index in [9.17, 15) is 0 Å². The molecule has 0 bridgehead atoms. The summed E-state index contributed by atoms with van der Waals surface area (Å²) in [6.45, 7) is 7.00. The van der Waals surface area contributed by atoms with Crippen molar-refractivity contribution in [2.24, 2.45) is 21.5 Å². The van der Waals surface area contributed by atoms with Crippen LogP contribution in [0.5, 0.6) is 0 Å². The monoisotopic (exact) mass is 200 g/mol. The van der Waals surface area contributed by atoms with E-state index in [0.29, 0.717) is 6.54 Å². The maximum atomic E-state index is 5.78. The number of amidine groups is 1. The Bertz CT molecular complexity index is 251. The van der Waals surface area contributed by atoms with Crippen molar-refractivity contribution in [3.8, 4) is 0 Å². The van der Waals surface area contributed by atoms with Crippen molar-refractivity contribution in [2.45, 2.75) is 20.8 Å². The summed E-state index contributed by atoms with van der Waals surface area (Å²) in [7, 11) is 0. The smallest absolute Gasteiger partial charge is 0.199 e. The van der Waals surface area contributed by atoms with Gasteiger partial charge in [0.1, 0.15) is 0 Å². The van der Waals surface area contributed by atoms with Crippen LogP contribution >= 0.6 is 11.8 Å². The van der Waals surface area contributed by atoms with Crippen molar-refractivity contribution in [1.29, 1.82) is 0 Å². The van der Waals surface area contributed by atoms with Crippen LogP contribution in [0.4, 0.5) is 0 Å². The summed E-state index contributed by atoms with van der Waals surface area (Å²) in [6.07, 6.45) is 1.94. The molecule has 1 rings (SSSR count). The van der Waals surface area contributed by atoms with Crippen LogP contribution in [0.15, 0.2) is 10.2 Å². The first-order valence-corrected chi connectivity index (χ1v) is 5.39. The van der Waals surface area contributed by atoms with Crippen molar-refractivity contribution in [2.75, 3.05) is 12.8 Å². The number of nitrogens with zero attached hydrogens (tertiary/aromatic N) is 3. The number of nitrogens with two attached hydrogens (primary N) is 1. The number of hydrogen-bond acceptors (Lipinski definition) is 5. The van der Waals surface area contributed by atoms with E-state index in [1.165, 1.54) is 11.8 Å². The van der Waals surface area contributed by atoms with Gasteiger partial charge < -0.3 is 0 Å². The molecule has 1 aliphatic rings. The molecular formula is C8H16N4S. The number of rotatable bonds is 0. The minimum Gasteiger partial charge on any atom is -0.282 e. The molecule has 1 heterocycles. The average molecular weight is 200 g/mol. The molecule has 0 spiro atoms. The fraction of sp³-hybridized carbons (Fsp3) is 0.750. The Morgan fingerprint density at radius 3 is 2.38 bits per heavy atom. The maximum Gasteiger partial charge on any atom is 0.199 e. The van der Waals surface area contributed by atoms with Crippen LogP contribution in [-0.4, -0.2) is 28.7 Å². The summed E-state index contributed by atoms with van der Waals surface area (Å²) in [4.78, 5) is 0. The minimum absolute atomic E-state index is 0.0467. The van der Waals surface area contributed by atoms with Gasteiger partial charge in [0.05, 0.1) is 12.3 Å². The molecule has 0 aliphatic carbocycles. The molecule has 0 atom stereocenters. The topological polar surface area (TPSA) is 54.0 Å². The zero-order chi connectivity index (χ0) is 10.1. The summed E-state index contributed by atoms with van der Waals surface area (Å²) in [5.74, 6) is 5.78. The van der Waals surface area contributed by atoms with Gasteiger partial charge in [-0.2, -0.15) is 5.10 Å². The van der Waals surface area contributed by atoms with Crippen molar-refractivity contribution < 1.29 is 0 Å². The van der Waals surface area contributed by atoms with E-state index in [4.69, 9.17) is 5.84 Å². The molecule has 0 amide bonds. The lowest BCUT2D eigenvalue weighted by Gasteiger charge is -2.28. The van der Waals surface area contributed by atoms with Gasteiger partial charge in [0.15, 0.2) is 5.17 Å². The second kappa shape index (κ2) is 3.67. The summed E-state index contributed by atoms with van der Waals surface area (Å²) in [5.41, 5.74) is 1.07. The van der Waals surface area contributed by atoms with Crippen molar-refractivity contribution in [3.05, 3.63) is 0 Å². The quantitative estimate of drug-likeness (QED) is 0.600. The molecule has 74 valence electrons. The predicted molar refractivity (Wildman–Crippen MR) is 58.7 cm³/mol. The normalized spacial score (nSPS) is 18.4. The Hall–Kier alpha value is -0.550. The molecule has 0 unspecified atom stereocenters. The molecule has 2 N–H and O–H groups in total. The molecule has 5 heteroatoms. The van der Waals surface area contributed by atoms with Gasteiger partial charge in [0.2, 0.25) is 0 Å². The van der Waals surface area contributed by atoms with Crippen LogP contribution in [0.25, 0.3) is 0 Å². The maximum absolute atomic E-state index is 5.78. The van der Waals surface area contributed by atoms with Gasteiger partial charge in [0.25, 0.3) is 0 Å². The Morgan fingerprint density at radius 1 is 1.38 bits per heavy atom. The number of thioether (sulfide) groups is 1. The SMILES string of the molecule is CSC1=NN=C(C(C)(C)C)CN1N. The Kier molecular flexibility index (Phi) is 2.98. The number of hydrogen-bond donors (Lipinski definition) is 1. The predicted octanol–water partition coefficient (Wildman–Crippen LogP) is 1.30. The van der Waals surface area contributed by atoms with E-state index >= 15 is 0 Å². The van der Waals surface area contributed by atoms with Crippen LogP contribution in [0.1, 0.15) is 20.8 Å². The molecule has 13 heavy (non-hydrogen) atoms. The lowest BCUT2D eigenvalue weighted by Crippen LogP contribution is -2.45. The molecule has 0 radical (unpaired) electrons. The lowest BCUT2D eigenvalue weighted by atomic mass is 9.90. The standard InChI is InChI=1S/C8H16N4S/c1-8(2,3)6-5-12(9)7(13-4)11-10-6/h5,9H2,1-4H3. The lowest BCUT2D eigenvalue weighted by molar-refractivity contribution is 0.466. The second-order valence-corrected chi connectivity index (χ2v) is 4.78. The van der Waals surface area contributed by atoms with Gasteiger partial charge in [-0.05, 0) is 6.26 Å². The summed E-state index contributed by atoms with van der Waals surface area (Å²) in [6, 6.07) is 0. The van der Waals surface area contributed by atoms with E-state index in [-0.39, 0.29) is 5.41 Å². The Morgan fingerprint density at radius 2 is 2.00 bits per heavy atom. The summed E-state index contributed by atoms with van der Waals surface area (Å²) >= 11 is 1.51. The first-order valence-electron chi connectivity index (χ1n) is 4.16. The Labute approximate surface area is 83.2 Å². The van der Waals surface area contributed by atoms with Gasteiger partial charge in [-0.3, -0.25) is 5.01 Å². The molecular weight excluding hydrogens is 184 g/mol. The zero-order valence-electron chi connectivity index (χ0n) is 8.53. The fourth-order valence-electron chi connectivity index (χ4n) is 0.966. The van der Waals surface area contributed by atoms with Crippen LogP contribution in [0.2, 0.25) is 0 Å². The molecule has 0 aromatic carbocycles. The summed E-state index contributed by atoms with van der Waals surface area (Å²) in [5, 5.41) is 10.6. The van der Waals surface area contributed by atoms with E-state index in [1.54, 1.807) is 5.01 Å². The molecule has 0 saturated carbocycles. The fourth-order valence-corrected chi connectivity index (χ4v) is 1.39.